The first-order valence-electron chi connectivity index (χ1n) is 6.02. The molecule has 1 aromatic carbocycles. The van der Waals surface area contributed by atoms with Crippen molar-refractivity contribution in [3.8, 4) is 11.3 Å². The molecule has 2 amide bonds. The number of hydrogen-bond acceptors (Lipinski definition) is 2. The lowest BCUT2D eigenvalue weighted by Crippen LogP contribution is -2.51. The molecule has 5 heteroatoms. The zero-order valence-corrected chi connectivity index (χ0v) is 10.2. The molecule has 0 spiro atoms. The van der Waals surface area contributed by atoms with E-state index in [1.54, 1.807) is 6.07 Å². The van der Waals surface area contributed by atoms with Crippen molar-refractivity contribution in [3.63, 3.8) is 0 Å². The van der Waals surface area contributed by atoms with Gasteiger partial charge in [-0.25, -0.2) is 0 Å². The average molecular weight is 255 g/mol. The first-order chi connectivity index (χ1) is 9.16. The van der Waals surface area contributed by atoms with Crippen LogP contribution in [0.15, 0.2) is 42.5 Å². The summed E-state index contributed by atoms with van der Waals surface area (Å²) in [5.74, 6) is -0.788. The standard InChI is InChI=1S/C14H13N3O2/c15-13(18)10-8-17-11(9-4-2-1-3-5-9)6-7-12(17)14(19)16-10/h1-7,10H,8H2,(H2,15,18)(H,16,19). The lowest BCUT2D eigenvalue weighted by molar-refractivity contribution is -0.120. The van der Waals surface area contributed by atoms with Gasteiger partial charge in [-0.1, -0.05) is 30.3 Å². The molecule has 96 valence electrons. The van der Waals surface area contributed by atoms with Gasteiger partial charge in [0.15, 0.2) is 0 Å². The van der Waals surface area contributed by atoms with E-state index in [1.807, 2.05) is 41.0 Å². The van der Waals surface area contributed by atoms with Gasteiger partial charge in [-0.3, -0.25) is 9.59 Å². The highest BCUT2D eigenvalue weighted by Gasteiger charge is 2.29. The SMILES string of the molecule is NC(=O)C1Cn2c(ccc2-c2ccccc2)C(=O)N1. The van der Waals surface area contributed by atoms with Crippen LogP contribution in [-0.4, -0.2) is 22.4 Å². The Bertz CT molecular complexity index is 646. The highest BCUT2D eigenvalue weighted by Crippen LogP contribution is 2.24. The molecule has 1 aromatic heterocycles. The molecule has 1 aliphatic heterocycles. The largest absolute Gasteiger partial charge is 0.368 e. The van der Waals surface area contributed by atoms with E-state index < -0.39 is 11.9 Å². The highest BCUT2D eigenvalue weighted by molar-refractivity contribution is 5.98. The number of hydrogen-bond donors (Lipinski definition) is 2. The molecular weight excluding hydrogens is 242 g/mol. The number of primary amides is 1. The number of nitrogens with two attached hydrogens (primary N) is 1. The van der Waals surface area contributed by atoms with Crippen molar-refractivity contribution in [1.29, 1.82) is 0 Å². The van der Waals surface area contributed by atoms with Gasteiger partial charge in [0.2, 0.25) is 5.91 Å². The molecule has 0 saturated carbocycles. The molecule has 0 fully saturated rings. The molecule has 19 heavy (non-hydrogen) atoms. The lowest BCUT2D eigenvalue weighted by atomic mass is 10.1. The third kappa shape index (κ3) is 1.89. The smallest absolute Gasteiger partial charge is 0.268 e. The molecule has 3 N–H and O–H groups in total. The normalized spacial score (nSPS) is 17.7. The molecule has 1 atom stereocenters. The van der Waals surface area contributed by atoms with Gasteiger partial charge in [0.05, 0.1) is 6.54 Å². The van der Waals surface area contributed by atoms with Crippen molar-refractivity contribution in [3.05, 3.63) is 48.2 Å². The molecule has 1 aliphatic rings. The van der Waals surface area contributed by atoms with Crippen LogP contribution in [0.3, 0.4) is 0 Å². The summed E-state index contributed by atoms with van der Waals surface area (Å²) >= 11 is 0. The molecule has 0 bridgehead atoms. The van der Waals surface area contributed by atoms with E-state index >= 15 is 0 Å². The fourth-order valence-corrected chi connectivity index (χ4v) is 2.35. The van der Waals surface area contributed by atoms with Crippen molar-refractivity contribution in [2.75, 3.05) is 0 Å². The van der Waals surface area contributed by atoms with Gasteiger partial charge in [-0.15, -0.1) is 0 Å². The molecule has 0 radical (unpaired) electrons. The summed E-state index contributed by atoms with van der Waals surface area (Å²) < 4.78 is 1.84. The minimum absolute atomic E-state index is 0.266. The monoisotopic (exact) mass is 255 g/mol. The Balaban J connectivity index is 2.08. The Morgan fingerprint density at radius 2 is 1.84 bits per heavy atom. The second kappa shape index (κ2) is 4.28. The van der Waals surface area contributed by atoms with Crippen LogP contribution in [-0.2, 0) is 11.3 Å². The average Bonchev–Trinajstić information content (AvgIpc) is 2.84. The van der Waals surface area contributed by atoms with Crippen LogP contribution in [0.25, 0.3) is 11.3 Å². The van der Waals surface area contributed by atoms with E-state index in [2.05, 4.69) is 5.32 Å². The fourth-order valence-electron chi connectivity index (χ4n) is 2.35. The van der Waals surface area contributed by atoms with E-state index in [0.717, 1.165) is 11.3 Å². The van der Waals surface area contributed by atoms with Gasteiger partial charge in [0, 0.05) is 5.69 Å². The number of aromatic nitrogens is 1. The van der Waals surface area contributed by atoms with Crippen molar-refractivity contribution in [2.45, 2.75) is 12.6 Å². The molecule has 2 heterocycles. The summed E-state index contributed by atoms with van der Waals surface area (Å²) in [6.45, 7) is 0.369. The highest BCUT2D eigenvalue weighted by atomic mass is 16.2. The predicted octanol–water partition coefficient (Wildman–Crippen LogP) is 0.752. The van der Waals surface area contributed by atoms with E-state index in [-0.39, 0.29) is 5.91 Å². The maximum Gasteiger partial charge on any atom is 0.268 e. The first kappa shape index (κ1) is 11.5. The van der Waals surface area contributed by atoms with E-state index in [9.17, 15) is 9.59 Å². The van der Waals surface area contributed by atoms with Gasteiger partial charge in [0.25, 0.3) is 5.91 Å². The molecule has 5 nitrogen and oxygen atoms in total. The van der Waals surface area contributed by atoms with Crippen molar-refractivity contribution < 1.29 is 9.59 Å². The van der Waals surface area contributed by atoms with Gasteiger partial charge in [0.1, 0.15) is 11.7 Å². The molecule has 2 aromatic rings. The minimum atomic E-state index is -0.658. The summed E-state index contributed by atoms with van der Waals surface area (Å²) in [5.41, 5.74) is 7.75. The van der Waals surface area contributed by atoms with Gasteiger partial charge < -0.3 is 15.6 Å². The maximum absolute atomic E-state index is 11.9. The number of nitrogens with zero attached hydrogens (tertiary/aromatic N) is 1. The number of benzene rings is 1. The summed E-state index contributed by atoms with van der Waals surface area (Å²) in [5, 5.41) is 2.60. The molecule has 3 rings (SSSR count). The maximum atomic E-state index is 11.9. The number of carbonyl (C=O) groups is 2. The summed E-state index contributed by atoms with van der Waals surface area (Å²) in [7, 11) is 0. The number of rotatable bonds is 2. The minimum Gasteiger partial charge on any atom is -0.368 e. The van der Waals surface area contributed by atoms with Gasteiger partial charge >= 0.3 is 0 Å². The molecule has 0 saturated heterocycles. The molecular formula is C14H13N3O2. The van der Waals surface area contributed by atoms with Crippen molar-refractivity contribution >= 4 is 11.8 Å². The van der Waals surface area contributed by atoms with E-state index in [1.165, 1.54) is 0 Å². The number of nitrogens with one attached hydrogen (secondary N) is 1. The Hall–Kier alpha value is -2.56. The number of fused-ring (bicyclic) bond motifs is 1. The van der Waals surface area contributed by atoms with Gasteiger partial charge in [-0.2, -0.15) is 0 Å². The summed E-state index contributed by atoms with van der Waals surface area (Å²) in [6.07, 6.45) is 0. The van der Waals surface area contributed by atoms with Crippen molar-refractivity contribution in [2.24, 2.45) is 5.73 Å². The Morgan fingerprint density at radius 1 is 1.16 bits per heavy atom. The Labute approximate surface area is 110 Å². The fraction of sp³-hybridized carbons (Fsp3) is 0.143. The van der Waals surface area contributed by atoms with Gasteiger partial charge in [-0.05, 0) is 17.7 Å². The third-order valence-corrected chi connectivity index (χ3v) is 3.30. The van der Waals surface area contributed by atoms with Crippen LogP contribution >= 0.6 is 0 Å². The van der Waals surface area contributed by atoms with E-state index in [0.29, 0.717) is 12.2 Å². The third-order valence-electron chi connectivity index (χ3n) is 3.30. The van der Waals surface area contributed by atoms with Crippen LogP contribution in [0.1, 0.15) is 10.5 Å². The second-order valence-electron chi connectivity index (χ2n) is 4.51. The Morgan fingerprint density at radius 3 is 2.53 bits per heavy atom. The number of carbonyl (C=O) groups excluding carboxylic acids is 2. The first-order valence-corrected chi connectivity index (χ1v) is 6.02. The van der Waals surface area contributed by atoms with E-state index in [4.69, 9.17) is 5.73 Å². The molecule has 0 aliphatic carbocycles. The van der Waals surface area contributed by atoms with Crippen LogP contribution in [0, 0.1) is 0 Å². The molecule has 1 unspecified atom stereocenters. The second-order valence-corrected chi connectivity index (χ2v) is 4.51. The quantitative estimate of drug-likeness (QED) is 0.830. The lowest BCUT2D eigenvalue weighted by Gasteiger charge is -2.25. The van der Waals surface area contributed by atoms with Crippen LogP contribution < -0.4 is 11.1 Å². The summed E-state index contributed by atoms with van der Waals surface area (Å²) in [6, 6.07) is 12.7. The number of amides is 2. The predicted molar refractivity (Wildman–Crippen MR) is 70.3 cm³/mol. The Kier molecular flexibility index (Phi) is 2.59. The van der Waals surface area contributed by atoms with Crippen LogP contribution in [0.4, 0.5) is 0 Å². The zero-order valence-electron chi connectivity index (χ0n) is 10.2. The van der Waals surface area contributed by atoms with Crippen LogP contribution in [0.5, 0.6) is 0 Å². The summed E-state index contributed by atoms with van der Waals surface area (Å²) in [4.78, 5) is 23.2. The topological polar surface area (TPSA) is 77.1 Å². The van der Waals surface area contributed by atoms with Crippen LogP contribution in [0.2, 0.25) is 0 Å². The zero-order chi connectivity index (χ0) is 13.4. The van der Waals surface area contributed by atoms with Crippen molar-refractivity contribution in [1.82, 2.24) is 9.88 Å².